The van der Waals surface area contributed by atoms with Gasteiger partial charge in [0.2, 0.25) is 0 Å². The second-order valence-electron chi connectivity index (χ2n) is 5.40. The molecule has 4 heterocycles. The first-order valence-corrected chi connectivity index (χ1v) is 7.38. The molecular formula is C19H11N3O. The van der Waals surface area contributed by atoms with Crippen LogP contribution in [0.2, 0.25) is 0 Å². The number of rotatable bonds is 1. The number of benzene rings is 1. The van der Waals surface area contributed by atoms with Gasteiger partial charge in [-0.05, 0) is 30.3 Å². The smallest absolute Gasteiger partial charge is 0.139 e. The second-order valence-corrected chi connectivity index (χ2v) is 5.40. The van der Waals surface area contributed by atoms with Crippen molar-refractivity contribution in [1.82, 2.24) is 15.0 Å². The van der Waals surface area contributed by atoms with Crippen molar-refractivity contribution in [3.8, 4) is 11.4 Å². The fourth-order valence-corrected chi connectivity index (χ4v) is 2.86. The number of para-hydroxylation sites is 1. The molecule has 0 amide bonds. The van der Waals surface area contributed by atoms with Gasteiger partial charge >= 0.3 is 0 Å². The third-order valence-electron chi connectivity index (χ3n) is 3.98. The molecule has 0 spiro atoms. The van der Waals surface area contributed by atoms with Crippen molar-refractivity contribution in [2.75, 3.05) is 0 Å². The fourth-order valence-electron chi connectivity index (χ4n) is 2.86. The Morgan fingerprint density at radius 1 is 0.696 bits per heavy atom. The Balaban J connectivity index is 1.73. The molecule has 0 aliphatic carbocycles. The average molecular weight is 297 g/mol. The van der Waals surface area contributed by atoms with Crippen LogP contribution in [-0.2, 0) is 0 Å². The lowest BCUT2D eigenvalue weighted by molar-refractivity contribution is 0.668. The monoisotopic (exact) mass is 297 g/mol. The SMILES string of the molecule is c1cnc2ccc(-c3cc4oc5ccccc5c4cn3)nc2c1. The van der Waals surface area contributed by atoms with Gasteiger partial charge in [-0.3, -0.25) is 9.97 Å². The zero-order valence-corrected chi connectivity index (χ0v) is 12.1. The van der Waals surface area contributed by atoms with Crippen LogP contribution >= 0.6 is 0 Å². The van der Waals surface area contributed by atoms with Crippen molar-refractivity contribution in [1.29, 1.82) is 0 Å². The molecule has 4 heteroatoms. The number of aromatic nitrogens is 3. The van der Waals surface area contributed by atoms with Crippen molar-refractivity contribution in [2.45, 2.75) is 0 Å². The van der Waals surface area contributed by atoms with Gasteiger partial charge in [0, 0.05) is 29.2 Å². The van der Waals surface area contributed by atoms with Gasteiger partial charge in [-0.2, -0.15) is 0 Å². The Morgan fingerprint density at radius 2 is 1.65 bits per heavy atom. The van der Waals surface area contributed by atoms with Crippen LogP contribution in [0.3, 0.4) is 0 Å². The minimum absolute atomic E-state index is 0.794. The topological polar surface area (TPSA) is 51.8 Å². The van der Waals surface area contributed by atoms with Crippen LogP contribution in [0.4, 0.5) is 0 Å². The molecule has 108 valence electrons. The highest BCUT2D eigenvalue weighted by atomic mass is 16.3. The number of pyridine rings is 3. The van der Waals surface area contributed by atoms with E-state index in [-0.39, 0.29) is 0 Å². The molecule has 0 fully saturated rings. The average Bonchev–Trinajstić information content (AvgIpc) is 2.99. The Morgan fingerprint density at radius 3 is 2.65 bits per heavy atom. The first kappa shape index (κ1) is 12.3. The molecule has 0 aliphatic heterocycles. The molecular weight excluding hydrogens is 286 g/mol. The predicted molar refractivity (Wildman–Crippen MR) is 90.0 cm³/mol. The minimum atomic E-state index is 0.794. The predicted octanol–water partition coefficient (Wildman–Crippen LogP) is 4.59. The lowest BCUT2D eigenvalue weighted by Gasteiger charge is -2.02. The van der Waals surface area contributed by atoms with E-state index in [0.717, 1.165) is 44.4 Å². The number of furan rings is 1. The molecule has 0 bridgehead atoms. The van der Waals surface area contributed by atoms with Gasteiger partial charge in [-0.1, -0.05) is 18.2 Å². The largest absolute Gasteiger partial charge is 0.456 e. The molecule has 5 aromatic rings. The van der Waals surface area contributed by atoms with Crippen LogP contribution in [-0.4, -0.2) is 15.0 Å². The summed E-state index contributed by atoms with van der Waals surface area (Å²) in [6.07, 6.45) is 3.62. The molecule has 1 aromatic carbocycles. The van der Waals surface area contributed by atoms with Gasteiger partial charge in [0.1, 0.15) is 11.2 Å². The first-order valence-electron chi connectivity index (χ1n) is 7.38. The van der Waals surface area contributed by atoms with Gasteiger partial charge < -0.3 is 4.42 Å². The van der Waals surface area contributed by atoms with Crippen LogP contribution in [0.25, 0.3) is 44.4 Å². The summed E-state index contributed by atoms with van der Waals surface area (Å²) in [4.78, 5) is 13.5. The summed E-state index contributed by atoms with van der Waals surface area (Å²) in [5.74, 6) is 0. The molecule has 0 atom stereocenters. The number of fused-ring (bicyclic) bond motifs is 4. The second kappa shape index (κ2) is 4.61. The van der Waals surface area contributed by atoms with E-state index in [9.17, 15) is 0 Å². The van der Waals surface area contributed by atoms with E-state index in [1.54, 1.807) is 6.20 Å². The summed E-state index contributed by atoms with van der Waals surface area (Å²) in [5.41, 5.74) is 5.04. The molecule has 5 rings (SSSR count). The lowest BCUT2D eigenvalue weighted by atomic mass is 10.1. The molecule has 0 unspecified atom stereocenters. The highest BCUT2D eigenvalue weighted by molar-refractivity contribution is 6.05. The maximum atomic E-state index is 5.92. The quantitative estimate of drug-likeness (QED) is 0.454. The van der Waals surface area contributed by atoms with Crippen molar-refractivity contribution in [2.24, 2.45) is 0 Å². The van der Waals surface area contributed by atoms with Gasteiger partial charge in [-0.25, -0.2) is 4.98 Å². The van der Waals surface area contributed by atoms with E-state index in [1.807, 2.05) is 60.8 Å². The molecule has 23 heavy (non-hydrogen) atoms. The summed E-state index contributed by atoms with van der Waals surface area (Å²) < 4.78 is 5.92. The van der Waals surface area contributed by atoms with E-state index in [4.69, 9.17) is 4.42 Å². The van der Waals surface area contributed by atoms with Crippen LogP contribution in [0.15, 0.2) is 71.4 Å². The molecule has 4 nitrogen and oxygen atoms in total. The number of hydrogen-bond donors (Lipinski definition) is 0. The third-order valence-corrected chi connectivity index (χ3v) is 3.98. The number of nitrogens with zero attached hydrogens (tertiary/aromatic N) is 3. The zero-order valence-electron chi connectivity index (χ0n) is 12.1. The van der Waals surface area contributed by atoms with Gasteiger partial charge in [0.15, 0.2) is 0 Å². The maximum Gasteiger partial charge on any atom is 0.139 e. The van der Waals surface area contributed by atoms with Crippen LogP contribution in [0, 0.1) is 0 Å². The van der Waals surface area contributed by atoms with E-state index < -0.39 is 0 Å². The standard InChI is InChI=1S/C19H11N3O/c1-2-6-18-12(4-1)13-11-21-17(10-19(13)23-18)16-8-7-14-15(22-16)5-3-9-20-14/h1-11H. The highest BCUT2D eigenvalue weighted by Crippen LogP contribution is 2.30. The first-order chi connectivity index (χ1) is 11.4. The Kier molecular flexibility index (Phi) is 2.46. The summed E-state index contributed by atoms with van der Waals surface area (Å²) in [7, 11) is 0. The van der Waals surface area contributed by atoms with Crippen LogP contribution < -0.4 is 0 Å². The minimum Gasteiger partial charge on any atom is -0.456 e. The third kappa shape index (κ3) is 1.89. The van der Waals surface area contributed by atoms with Crippen molar-refractivity contribution < 1.29 is 4.42 Å². The van der Waals surface area contributed by atoms with Gasteiger partial charge in [0.25, 0.3) is 0 Å². The summed E-state index contributed by atoms with van der Waals surface area (Å²) in [6.45, 7) is 0. The van der Waals surface area contributed by atoms with Gasteiger partial charge in [0.05, 0.1) is 22.4 Å². The van der Waals surface area contributed by atoms with E-state index in [1.165, 1.54) is 0 Å². The van der Waals surface area contributed by atoms with Gasteiger partial charge in [-0.15, -0.1) is 0 Å². The Bertz CT molecular complexity index is 1180. The van der Waals surface area contributed by atoms with Crippen molar-refractivity contribution in [3.63, 3.8) is 0 Å². The molecule has 4 aromatic heterocycles. The lowest BCUT2D eigenvalue weighted by Crippen LogP contribution is -1.89. The Labute approximate surface area is 131 Å². The van der Waals surface area contributed by atoms with Crippen LogP contribution in [0.1, 0.15) is 0 Å². The summed E-state index contributed by atoms with van der Waals surface area (Å²) in [5, 5.41) is 2.10. The van der Waals surface area contributed by atoms with Crippen molar-refractivity contribution >= 4 is 33.0 Å². The summed E-state index contributed by atoms with van der Waals surface area (Å²) >= 11 is 0. The normalized spacial score (nSPS) is 11.5. The summed E-state index contributed by atoms with van der Waals surface area (Å²) in [6, 6.07) is 17.7. The molecule has 0 saturated heterocycles. The van der Waals surface area contributed by atoms with E-state index in [2.05, 4.69) is 15.0 Å². The molecule has 0 saturated carbocycles. The molecule has 0 N–H and O–H groups in total. The molecule has 0 radical (unpaired) electrons. The molecule has 0 aliphatic rings. The van der Waals surface area contributed by atoms with E-state index in [0.29, 0.717) is 0 Å². The van der Waals surface area contributed by atoms with E-state index >= 15 is 0 Å². The fraction of sp³-hybridized carbons (Fsp3) is 0. The van der Waals surface area contributed by atoms with Crippen LogP contribution in [0.5, 0.6) is 0 Å². The zero-order chi connectivity index (χ0) is 15.2. The Hall–Kier alpha value is -3.27. The van der Waals surface area contributed by atoms with Crippen molar-refractivity contribution in [3.05, 3.63) is 67.0 Å². The highest BCUT2D eigenvalue weighted by Gasteiger charge is 2.10. The maximum absolute atomic E-state index is 5.92. The number of hydrogen-bond acceptors (Lipinski definition) is 4.